The molecule has 174 valence electrons. The van der Waals surface area contributed by atoms with E-state index in [1.165, 1.54) is 6.08 Å². The van der Waals surface area contributed by atoms with E-state index in [0.717, 1.165) is 51.5 Å². The van der Waals surface area contributed by atoms with Crippen molar-refractivity contribution in [1.82, 2.24) is 0 Å². The second-order valence-electron chi connectivity index (χ2n) is 11.1. The molecule has 2 saturated carbocycles. The van der Waals surface area contributed by atoms with Crippen molar-refractivity contribution < 1.29 is 28.2 Å². The highest BCUT2D eigenvalue weighted by atomic mass is 19.4. The highest BCUT2D eigenvalue weighted by Gasteiger charge is 2.56. The minimum absolute atomic E-state index is 0.0483. The minimum Gasteiger partial charge on any atom is -0.390 e. The molecule has 0 aromatic carbocycles. The lowest BCUT2D eigenvalue weighted by atomic mass is 9.56. The van der Waals surface area contributed by atoms with Crippen molar-refractivity contribution in [2.24, 2.45) is 22.7 Å². The van der Waals surface area contributed by atoms with Gasteiger partial charge in [0.2, 0.25) is 0 Å². The maximum atomic E-state index is 13.0. The second-order valence-corrected chi connectivity index (χ2v) is 11.1. The first-order chi connectivity index (χ1) is 13.5. The zero-order valence-corrected chi connectivity index (χ0v) is 19.1. The molecule has 6 heteroatoms. The summed E-state index contributed by atoms with van der Waals surface area (Å²) in [5.41, 5.74) is -4.08. The van der Waals surface area contributed by atoms with Crippen molar-refractivity contribution in [3.05, 3.63) is 12.2 Å². The van der Waals surface area contributed by atoms with E-state index in [-0.39, 0.29) is 22.7 Å². The van der Waals surface area contributed by atoms with Crippen LogP contribution in [0.2, 0.25) is 0 Å². The smallest absolute Gasteiger partial charge is 0.390 e. The van der Waals surface area contributed by atoms with E-state index in [1.54, 1.807) is 13.8 Å². The summed E-state index contributed by atoms with van der Waals surface area (Å²) in [6, 6.07) is 0. The minimum atomic E-state index is -4.72. The molecule has 0 amide bonds. The van der Waals surface area contributed by atoms with Crippen molar-refractivity contribution in [1.29, 1.82) is 0 Å². The predicted octanol–water partition coefficient (Wildman–Crippen LogP) is 5.98. The maximum absolute atomic E-state index is 13.0. The van der Waals surface area contributed by atoms with Gasteiger partial charge >= 0.3 is 6.18 Å². The molecule has 2 aliphatic carbocycles. The van der Waals surface area contributed by atoms with Crippen LogP contribution in [-0.4, -0.2) is 33.4 Å². The molecule has 0 bridgehead atoms. The van der Waals surface area contributed by atoms with Gasteiger partial charge in [-0.05, 0) is 88.5 Å². The molecule has 0 aromatic rings. The number of allylic oxidation sites excluding steroid dienone is 1. The number of halogens is 3. The lowest BCUT2D eigenvalue weighted by molar-refractivity contribution is -0.232. The monoisotopic (exact) mass is 432 g/mol. The summed E-state index contributed by atoms with van der Waals surface area (Å²) in [4.78, 5) is 12.5. The van der Waals surface area contributed by atoms with Gasteiger partial charge in [0, 0.05) is 12.3 Å². The maximum Gasteiger partial charge on any atom is 0.420 e. The number of carbonyl (C=O) groups is 1. The molecule has 3 nitrogen and oxygen atoms in total. The average Bonchev–Trinajstić information content (AvgIpc) is 2.91. The zero-order chi connectivity index (χ0) is 23.0. The topological polar surface area (TPSA) is 57.5 Å². The van der Waals surface area contributed by atoms with Crippen molar-refractivity contribution in [3.8, 4) is 0 Å². The molecule has 0 radical (unpaired) electrons. The zero-order valence-electron chi connectivity index (χ0n) is 19.1. The van der Waals surface area contributed by atoms with Gasteiger partial charge in [0.15, 0.2) is 5.60 Å². The van der Waals surface area contributed by atoms with Crippen molar-refractivity contribution >= 4 is 5.78 Å². The number of aliphatic hydroxyl groups is 2. The van der Waals surface area contributed by atoms with Gasteiger partial charge in [-0.3, -0.25) is 4.79 Å². The molecule has 2 fully saturated rings. The quantitative estimate of drug-likeness (QED) is 0.464. The first-order valence-corrected chi connectivity index (χ1v) is 11.2. The molecule has 4 unspecified atom stereocenters. The number of rotatable bonds is 8. The molecule has 2 N–H and O–H groups in total. The highest BCUT2D eigenvalue weighted by Crippen LogP contribution is 2.61. The number of alkyl halides is 3. The number of hydrogen-bond acceptors (Lipinski definition) is 3. The third-order valence-electron chi connectivity index (χ3n) is 7.84. The number of hydrogen-bond donors (Lipinski definition) is 2. The third-order valence-corrected chi connectivity index (χ3v) is 7.84. The van der Waals surface area contributed by atoms with Crippen LogP contribution in [0, 0.1) is 22.7 Å². The van der Waals surface area contributed by atoms with Crippen LogP contribution in [0.5, 0.6) is 0 Å². The van der Waals surface area contributed by atoms with Crippen LogP contribution >= 0.6 is 0 Å². The molecule has 0 aliphatic heterocycles. The number of ketones is 1. The standard InChI is InChI=1S/C24H39F3O3/c1-20(2,29)12-7-13-21(3,14-8-16-23(5,30)24(25,26)27)19-11-10-17-18(28)9-6-15-22(17,19)4/h8,16-17,19,29-30H,6-7,9-15H2,1-5H3/b16-8-/t17?,19?,21?,22-,23?/m0/s1. The van der Waals surface area contributed by atoms with E-state index in [1.807, 2.05) is 0 Å². The molecule has 0 heterocycles. The summed E-state index contributed by atoms with van der Waals surface area (Å²) in [5.74, 6) is 0.606. The predicted molar refractivity (Wildman–Crippen MR) is 112 cm³/mol. The van der Waals surface area contributed by atoms with E-state index in [2.05, 4.69) is 13.8 Å². The fraction of sp³-hybridized carbons (Fsp3) is 0.875. The lowest BCUT2D eigenvalue weighted by Gasteiger charge is -2.48. The Morgan fingerprint density at radius 3 is 2.30 bits per heavy atom. The van der Waals surface area contributed by atoms with Crippen molar-refractivity contribution in [2.45, 2.75) is 110 Å². The van der Waals surface area contributed by atoms with E-state index >= 15 is 0 Å². The van der Waals surface area contributed by atoms with E-state index < -0.39 is 17.4 Å². The van der Waals surface area contributed by atoms with E-state index in [9.17, 15) is 28.2 Å². The van der Waals surface area contributed by atoms with E-state index in [0.29, 0.717) is 25.0 Å². The summed E-state index contributed by atoms with van der Waals surface area (Å²) in [6.07, 6.45) is 4.38. The first kappa shape index (κ1) is 25.4. The van der Waals surface area contributed by atoms with Crippen LogP contribution in [0.3, 0.4) is 0 Å². The van der Waals surface area contributed by atoms with Crippen LogP contribution in [0.4, 0.5) is 13.2 Å². The Balaban J connectivity index is 2.26. The molecule has 0 saturated heterocycles. The molecular weight excluding hydrogens is 393 g/mol. The Kier molecular flexibility index (Phi) is 7.25. The lowest BCUT2D eigenvalue weighted by Crippen LogP contribution is -2.43. The molecule has 2 rings (SSSR count). The Morgan fingerprint density at radius 2 is 1.73 bits per heavy atom. The molecule has 0 spiro atoms. The largest absolute Gasteiger partial charge is 0.420 e. The Hall–Kier alpha value is -0.880. The summed E-state index contributed by atoms with van der Waals surface area (Å²) in [7, 11) is 0. The molecule has 0 aromatic heterocycles. The average molecular weight is 433 g/mol. The Morgan fingerprint density at radius 1 is 1.10 bits per heavy atom. The fourth-order valence-corrected chi connectivity index (χ4v) is 6.07. The first-order valence-electron chi connectivity index (χ1n) is 11.2. The van der Waals surface area contributed by atoms with E-state index in [4.69, 9.17) is 0 Å². The van der Waals surface area contributed by atoms with Crippen molar-refractivity contribution in [2.75, 3.05) is 0 Å². The Bertz CT molecular complexity index is 647. The van der Waals surface area contributed by atoms with Crippen LogP contribution in [-0.2, 0) is 4.79 Å². The van der Waals surface area contributed by atoms with Gasteiger partial charge < -0.3 is 10.2 Å². The third kappa shape index (κ3) is 5.48. The van der Waals surface area contributed by atoms with Gasteiger partial charge in [-0.2, -0.15) is 13.2 Å². The van der Waals surface area contributed by atoms with Crippen LogP contribution in [0.15, 0.2) is 12.2 Å². The van der Waals surface area contributed by atoms with Gasteiger partial charge in [0.05, 0.1) is 5.60 Å². The summed E-state index contributed by atoms with van der Waals surface area (Å²) in [5, 5.41) is 19.9. The normalized spacial score (nSPS) is 32.1. The van der Waals surface area contributed by atoms with Crippen LogP contribution in [0.1, 0.15) is 92.4 Å². The Labute approximate surface area is 179 Å². The molecule has 5 atom stereocenters. The summed E-state index contributed by atoms with van der Waals surface area (Å²) < 4.78 is 39.1. The molecule has 2 aliphatic rings. The fourth-order valence-electron chi connectivity index (χ4n) is 6.07. The highest BCUT2D eigenvalue weighted by molar-refractivity contribution is 5.83. The molecule has 30 heavy (non-hydrogen) atoms. The van der Waals surface area contributed by atoms with Crippen LogP contribution in [0.25, 0.3) is 0 Å². The summed E-state index contributed by atoms with van der Waals surface area (Å²) in [6.45, 7) is 8.59. The second kappa shape index (κ2) is 8.57. The molecular formula is C24H39F3O3. The summed E-state index contributed by atoms with van der Waals surface area (Å²) >= 11 is 0. The number of carbonyl (C=O) groups excluding carboxylic acids is 1. The van der Waals surface area contributed by atoms with Gasteiger partial charge in [0.25, 0.3) is 0 Å². The van der Waals surface area contributed by atoms with Gasteiger partial charge in [-0.15, -0.1) is 0 Å². The van der Waals surface area contributed by atoms with Crippen LogP contribution < -0.4 is 0 Å². The van der Waals surface area contributed by atoms with Crippen molar-refractivity contribution in [3.63, 3.8) is 0 Å². The van der Waals surface area contributed by atoms with Gasteiger partial charge in [-0.1, -0.05) is 26.3 Å². The SMILES string of the molecule is CC(C)(O)CCCC(C)(C/C=C\C(C)(O)C(F)(F)F)C1CCC2C(=O)CCC[C@@]21C. The van der Waals surface area contributed by atoms with Gasteiger partial charge in [-0.25, -0.2) is 0 Å². The number of Topliss-reactive ketones (excluding diaryl/α,β-unsaturated/α-hetero) is 1. The number of fused-ring (bicyclic) bond motifs is 1. The van der Waals surface area contributed by atoms with Gasteiger partial charge in [0.1, 0.15) is 5.78 Å².